The number of ether oxygens (including phenoxy) is 2. The van der Waals surface area contributed by atoms with E-state index in [1.165, 1.54) is 23.5 Å². The zero-order valence-electron chi connectivity index (χ0n) is 15.2. The van der Waals surface area contributed by atoms with Crippen LogP contribution in [0, 0.1) is 0 Å². The van der Waals surface area contributed by atoms with Crippen molar-refractivity contribution >= 4 is 52.5 Å². The van der Waals surface area contributed by atoms with Crippen molar-refractivity contribution in [2.45, 2.75) is 13.0 Å². The van der Waals surface area contributed by atoms with Crippen LogP contribution >= 0.6 is 34.5 Å². The van der Waals surface area contributed by atoms with E-state index in [-0.39, 0.29) is 35.1 Å². The van der Waals surface area contributed by atoms with Crippen molar-refractivity contribution in [1.82, 2.24) is 10.6 Å². The Hall–Kier alpha value is -2.55. The lowest BCUT2D eigenvalue weighted by Crippen LogP contribution is -2.46. The molecule has 2 heterocycles. The van der Waals surface area contributed by atoms with Gasteiger partial charge in [0.2, 0.25) is 0 Å². The van der Waals surface area contributed by atoms with Gasteiger partial charge in [-0.2, -0.15) is 0 Å². The third-order valence-corrected chi connectivity index (χ3v) is 5.47. The van der Waals surface area contributed by atoms with Crippen molar-refractivity contribution < 1.29 is 23.9 Å². The van der Waals surface area contributed by atoms with Gasteiger partial charge in [-0.1, -0.05) is 29.3 Å². The van der Waals surface area contributed by atoms with Crippen molar-refractivity contribution in [2.75, 3.05) is 13.2 Å². The fraction of sp³-hybridized carbons (Fsp3) is 0.211. The van der Waals surface area contributed by atoms with E-state index in [0.29, 0.717) is 5.02 Å². The summed E-state index contributed by atoms with van der Waals surface area (Å²) >= 11 is 13.3. The van der Waals surface area contributed by atoms with Crippen LogP contribution in [0.5, 0.6) is 0 Å². The molecule has 0 spiro atoms. The highest BCUT2D eigenvalue weighted by molar-refractivity contribution is 7.10. The fourth-order valence-corrected chi connectivity index (χ4v) is 3.87. The number of thiophene rings is 1. The minimum absolute atomic E-state index is 0.0764. The average molecular weight is 455 g/mol. The molecule has 1 aromatic heterocycles. The molecule has 0 unspecified atom stereocenters. The second-order valence-electron chi connectivity index (χ2n) is 5.86. The molecular formula is C19H16Cl2N2O5S. The first kappa shape index (κ1) is 21.2. The van der Waals surface area contributed by atoms with E-state index in [4.69, 9.17) is 32.7 Å². The van der Waals surface area contributed by atoms with Gasteiger partial charge < -0.3 is 20.1 Å². The number of halogens is 2. The van der Waals surface area contributed by atoms with E-state index in [1.807, 2.05) is 5.38 Å². The summed E-state index contributed by atoms with van der Waals surface area (Å²) in [5.74, 6) is -1.36. The van der Waals surface area contributed by atoms with Gasteiger partial charge in [0.25, 0.3) is 0 Å². The van der Waals surface area contributed by atoms with Gasteiger partial charge in [0.05, 0.1) is 34.5 Å². The summed E-state index contributed by atoms with van der Waals surface area (Å²) in [5, 5.41) is 7.54. The first-order valence-electron chi connectivity index (χ1n) is 8.54. The monoisotopic (exact) mass is 454 g/mol. The molecule has 0 saturated carbocycles. The molecule has 2 aromatic rings. The third-order valence-electron chi connectivity index (χ3n) is 3.97. The number of amides is 2. The molecule has 29 heavy (non-hydrogen) atoms. The minimum Gasteiger partial charge on any atom is -0.463 e. The highest BCUT2D eigenvalue weighted by atomic mass is 35.5. The molecule has 0 saturated heterocycles. The maximum absolute atomic E-state index is 12.6. The lowest BCUT2D eigenvalue weighted by Gasteiger charge is -2.28. The van der Waals surface area contributed by atoms with E-state index >= 15 is 0 Å². The molecular weight excluding hydrogens is 439 g/mol. The van der Waals surface area contributed by atoms with Crippen molar-refractivity contribution in [1.29, 1.82) is 0 Å². The largest absolute Gasteiger partial charge is 0.463 e. The Balaban J connectivity index is 1.90. The van der Waals surface area contributed by atoms with Crippen LogP contribution in [0.2, 0.25) is 10.0 Å². The Morgan fingerprint density at radius 1 is 1.17 bits per heavy atom. The van der Waals surface area contributed by atoms with Crippen molar-refractivity contribution in [3.63, 3.8) is 0 Å². The number of hydrogen-bond donors (Lipinski definition) is 2. The van der Waals surface area contributed by atoms with Gasteiger partial charge >= 0.3 is 18.0 Å². The molecule has 0 radical (unpaired) electrons. The molecule has 152 valence electrons. The van der Waals surface area contributed by atoms with Crippen LogP contribution in [0.4, 0.5) is 4.79 Å². The lowest BCUT2D eigenvalue weighted by molar-refractivity contribution is -0.139. The average Bonchev–Trinajstić information content (AvgIpc) is 3.22. The molecule has 10 heteroatoms. The standard InChI is InChI=1S/C19H16Cl2N2O5S/c1-2-27-18(25)15-13(22-19(26)23-16(15)14-4-3-7-29-14)9-28-17(24)11-8-10(20)5-6-12(11)21/h3-8,16H,2,9H2,1H3,(H2,22,23,26)/t16-/m0/s1. The number of esters is 2. The van der Waals surface area contributed by atoms with Gasteiger partial charge in [-0.3, -0.25) is 0 Å². The molecule has 0 bridgehead atoms. The van der Waals surface area contributed by atoms with Gasteiger partial charge in [0, 0.05) is 9.90 Å². The van der Waals surface area contributed by atoms with Gasteiger partial charge in [-0.15, -0.1) is 11.3 Å². The number of hydrogen-bond acceptors (Lipinski definition) is 6. The summed E-state index contributed by atoms with van der Waals surface area (Å²) in [6.07, 6.45) is 0. The molecule has 1 aliphatic heterocycles. The van der Waals surface area contributed by atoms with E-state index < -0.39 is 24.0 Å². The number of carbonyl (C=O) groups excluding carboxylic acids is 3. The lowest BCUT2D eigenvalue weighted by atomic mass is 10.0. The molecule has 3 rings (SSSR count). The number of carbonyl (C=O) groups is 3. The second kappa shape index (κ2) is 9.30. The minimum atomic E-state index is -0.742. The molecule has 1 aliphatic rings. The summed E-state index contributed by atoms with van der Waals surface area (Å²) in [6.45, 7) is 1.47. The van der Waals surface area contributed by atoms with Crippen LogP contribution in [-0.4, -0.2) is 31.2 Å². The number of rotatable bonds is 6. The zero-order valence-corrected chi connectivity index (χ0v) is 17.5. The predicted molar refractivity (Wildman–Crippen MR) is 109 cm³/mol. The van der Waals surface area contributed by atoms with Gasteiger partial charge in [0.15, 0.2) is 0 Å². The van der Waals surface area contributed by atoms with Gasteiger partial charge in [-0.05, 0) is 36.6 Å². The van der Waals surface area contributed by atoms with Gasteiger partial charge in [-0.25, -0.2) is 14.4 Å². The number of nitrogens with one attached hydrogen (secondary N) is 2. The van der Waals surface area contributed by atoms with Crippen molar-refractivity contribution in [3.05, 3.63) is 67.5 Å². The third kappa shape index (κ3) is 4.90. The summed E-state index contributed by atoms with van der Waals surface area (Å²) < 4.78 is 10.4. The maximum Gasteiger partial charge on any atom is 0.340 e. The predicted octanol–water partition coefficient (Wildman–Crippen LogP) is 4.08. The van der Waals surface area contributed by atoms with Crippen LogP contribution in [0.1, 0.15) is 28.2 Å². The zero-order chi connectivity index (χ0) is 21.0. The summed E-state index contributed by atoms with van der Waals surface area (Å²) in [6, 6.07) is 6.74. The molecule has 0 fully saturated rings. The quantitative estimate of drug-likeness (QED) is 0.641. The smallest absolute Gasteiger partial charge is 0.340 e. The van der Waals surface area contributed by atoms with E-state index in [2.05, 4.69) is 10.6 Å². The van der Waals surface area contributed by atoms with Gasteiger partial charge in [0.1, 0.15) is 6.61 Å². The van der Waals surface area contributed by atoms with E-state index in [1.54, 1.807) is 25.1 Å². The summed E-state index contributed by atoms with van der Waals surface area (Å²) in [4.78, 5) is 37.9. The molecule has 2 amide bonds. The molecule has 0 aliphatic carbocycles. The molecule has 7 nitrogen and oxygen atoms in total. The van der Waals surface area contributed by atoms with Crippen molar-refractivity contribution in [2.24, 2.45) is 0 Å². The maximum atomic E-state index is 12.6. The Labute approximate surface area is 180 Å². The molecule has 1 atom stereocenters. The number of benzene rings is 1. The van der Waals surface area contributed by atoms with Crippen LogP contribution in [0.25, 0.3) is 0 Å². The van der Waals surface area contributed by atoms with Crippen molar-refractivity contribution in [3.8, 4) is 0 Å². The SMILES string of the molecule is CCOC(=O)C1=C(COC(=O)c2cc(Cl)ccc2Cl)NC(=O)N[C@H]1c1cccs1. The summed E-state index contributed by atoms with van der Waals surface area (Å²) in [5.41, 5.74) is 0.378. The Morgan fingerprint density at radius 2 is 1.97 bits per heavy atom. The number of urea groups is 1. The Morgan fingerprint density at radius 3 is 2.66 bits per heavy atom. The first-order chi connectivity index (χ1) is 13.9. The molecule has 2 N–H and O–H groups in total. The summed E-state index contributed by atoms with van der Waals surface area (Å²) in [7, 11) is 0. The van der Waals surface area contributed by atoms with E-state index in [0.717, 1.165) is 4.88 Å². The van der Waals surface area contributed by atoms with Crippen LogP contribution in [0.3, 0.4) is 0 Å². The van der Waals surface area contributed by atoms with E-state index in [9.17, 15) is 14.4 Å². The molecule has 1 aromatic carbocycles. The Bertz CT molecular complexity index is 975. The Kier molecular flexibility index (Phi) is 6.79. The van der Waals surface area contributed by atoms with Crippen LogP contribution < -0.4 is 10.6 Å². The highest BCUT2D eigenvalue weighted by Crippen LogP contribution is 2.31. The topological polar surface area (TPSA) is 93.7 Å². The fourth-order valence-electron chi connectivity index (χ4n) is 2.72. The second-order valence-corrected chi connectivity index (χ2v) is 7.68. The van der Waals surface area contributed by atoms with Crippen LogP contribution in [0.15, 0.2) is 47.0 Å². The first-order valence-corrected chi connectivity index (χ1v) is 10.2. The van der Waals surface area contributed by atoms with Crippen LogP contribution in [-0.2, 0) is 14.3 Å². The highest BCUT2D eigenvalue weighted by Gasteiger charge is 2.34. The normalized spacial score (nSPS) is 16.1.